The van der Waals surface area contributed by atoms with Crippen LogP contribution in [0.4, 0.5) is 11.9 Å². The molecule has 7 N–H and O–H groups in total. The van der Waals surface area contributed by atoms with Crippen LogP contribution in [0.25, 0.3) is 22.1 Å². The van der Waals surface area contributed by atoms with Gasteiger partial charge in [-0.25, -0.2) is 19.9 Å². The molecule has 0 fully saturated rings. The van der Waals surface area contributed by atoms with E-state index in [2.05, 4.69) is 30.6 Å². The Morgan fingerprint density at radius 1 is 0.764 bits per heavy atom. The number of amides is 4. The zero-order chi connectivity index (χ0) is 39.6. The van der Waals surface area contributed by atoms with Crippen molar-refractivity contribution >= 4 is 57.6 Å². The summed E-state index contributed by atoms with van der Waals surface area (Å²) in [5.74, 6) is -0.173. The fourth-order valence-corrected chi connectivity index (χ4v) is 5.92. The maximum absolute atomic E-state index is 13.5. The summed E-state index contributed by atoms with van der Waals surface area (Å²) in [6, 6.07) is 6.00. The molecule has 0 bridgehead atoms. The quantitative estimate of drug-likeness (QED) is 0.0751. The lowest BCUT2D eigenvalue weighted by molar-refractivity contribution is 0.0991. The number of hydrogen-bond acceptors (Lipinski definition) is 11. The number of ether oxygens (including phenoxy) is 2. The van der Waals surface area contributed by atoms with Crippen molar-refractivity contribution in [2.24, 2.45) is 25.6 Å². The van der Waals surface area contributed by atoms with E-state index in [0.29, 0.717) is 57.3 Å². The number of hydrogen-bond donors (Lipinski definition) is 5. The number of anilines is 2. The number of imidazole rings is 4. The maximum Gasteiger partial charge on any atom is 0.276 e. The van der Waals surface area contributed by atoms with Crippen molar-refractivity contribution < 1.29 is 33.8 Å². The zero-order valence-corrected chi connectivity index (χ0v) is 30.8. The number of nitrogens with one attached hydrogen (secondary N) is 2. The molecule has 0 unspecified atom stereocenters. The Bertz CT molecular complexity index is 2500. The van der Waals surface area contributed by atoms with Crippen molar-refractivity contribution in [3.05, 3.63) is 83.0 Å². The van der Waals surface area contributed by atoms with Gasteiger partial charge in [0.15, 0.2) is 0 Å². The van der Waals surface area contributed by atoms with E-state index in [4.69, 9.17) is 20.9 Å². The largest absolute Gasteiger partial charge is 0.494 e. The number of benzene rings is 2. The van der Waals surface area contributed by atoms with Gasteiger partial charge in [-0.05, 0) is 38.1 Å². The van der Waals surface area contributed by atoms with Crippen LogP contribution in [0.2, 0.25) is 0 Å². The van der Waals surface area contributed by atoms with Gasteiger partial charge in [-0.2, -0.15) is 0 Å². The van der Waals surface area contributed by atoms with Crippen LogP contribution < -0.4 is 31.6 Å². The first-order chi connectivity index (χ1) is 26.3. The number of aliphatic hydroxyl groups excluding tert-OH is 1. The Morgan fingerprint density at radius 2 is 1.22 bits per heavy atom. The topological polar surface area (TPSA) is 254 Å². The fourth-order valence-electron chi connectivity index (χ4n) is 5.92. The Hall–Kier alpha value is -7.02. The predicted octanol–water partition coefficient (Wildman–Crippen LogP) is 2.20. The van der Waals surface area contributed by atoms with E-state index in [1.807, 2.05) is 0 Å². The number of rotatable bonds is 15. The molecule has 0 aliphatic heterocycles. The van der Waals surface area contributed by atoms with E-state index < -0.39 is 23.6 Å². The number of methoxy groups -OCH3 is 1. The molecule has 6 rings (SSSR count). The van der Waals surface area contributed by atoms with E-state index in [9.17, 15) is 24.3 Å². The minimum atomic E-state index is -0.702. The molecule has 6 aromatic rings. The summed E-state index contributed by atoms with van der Waals surface area (Å²) in [6.07, 6.45) is 6.84. The normalized spacial score (nSPS) is 11.5. The van der Waals surface area contributed by atoms with Crippen LogP contribution in [0.1, 0.15) is 59.8 Å². The summed E-state index contributed by atoms with van der Waals surface area (Å²) in [5.41, 5.74) is 13.7. The monoisotopic (exact) mass is 752 g/mol. The molecule has 19 nitrogen and oxygen atoms in total. The van der Waals surface area contributed by atoms with Crippen LogP contribution in [0, 0.1) is 13.8 Å². The highest BCUT2D eigenvalue weighted by molar-refractivity contribution is 6.05. The second kappa shape index (κ2) is 15.5. The number of nitrogens with two attached hydrogens (primary N) is 2. The van der Waals surface area contributed by atoms with Gasteiger partial charge in [0.1, 0.15) is 45.6 Å². The molecule has 0 aliphatic carbocycles. The summed E-state index contributed by atoms with van der Waals surface area (Å²) >= 11 is 0. The van der Waals surface area contributed by atoms with E-state index >= 15 is 0 Å². The number of allylic oxidation sites excluding steroid dienone is 2. The standard InChI is InChI=1S/C36H40N12O7/c1-19-39-17-25(45(19)3)33(52)43-35-41-23-13-21(31(37)50)15-27(54-5)29(23)47(35)9-6-7-10-48-30-24(14-22(32(38)51)16-28(30)55-12-8-11-49)42-36(48)44-34(53)26-18-40-20(2)46(26)4/h6-7,13-18,49H,8-12H2,1-5H3,(H2,37,50)(H2,38,51)(H,41,43,52)(H,42,44,53). The molecule has 55 heavy (non-hydrogen) atoms. The Morgan fingerprint density at radius 3 is 1.62 bits per heavy atom. The van der Waals surface area contributed by atoms with E-state index in [1.54, 1.807) is 58.4 Å². The van der Waals surface area contributed by atoms with Gasteiger partial charge in [0, 0.05) is 51.3 Å². The molecule has 4 amide bonds. The molecular weight excluding hydrogens is 712 g/mol. The van der Waals surface area contributed by atoms with E-state index in [-0.39, 0.29) is 55.1 Å². The average molecular weight is 753 g/mol. The highest BCUT2D eigenvalue weighted by Crippen LogP contribution is 2.33. The van der Waals surface area contributed by atoms with Gasteiger partial charge in [-0.1, -0.05) is 12.2 Å². The van der Waals surface area contributed by atoms with Crippen molar-refractivity contribution in [3.63, 3.8) is 0 Å². The Labute approximate surface area is 313 Å². The number of carbonyl (C=O) groups is 4. The van der Waals surface area contributed by atoms with Gasteiger partial charge < -0.3 is 44.3 Å². The fraction of sp³-hybridized carbons (Fsp3) is 0.278. The van der Waals surface area contributed by atoms with Gasteiger partial charge in [0.05, 0.1) is 37.1 Å². The third kappa shape index (κ3) is 7.45. The first-order valence-corrected chi connectivity index (χ1v) is 17.0. The van der Waals surface area contributed by atoms with E-state index in [0.717, 1.165) is 0 Å². The van der Waals surface area contributed by atoms with Crippen LogP contribution in [0.5, 0.6) is 11.5 Å². The van der Waals surface area contributed by atoms with Gasteiger partial charge in [0.25, 0.3) is 11.8 Å². The van der Waals surface area contributed by atoms with Crippen molar-refractivity contribution in [1.82, 2.24) is 38.2 Å². The number of primary amides is 2. The molecule has 0 saturated heterocycles. The number of carbonyl (C=O) groups excluding carboxylic acids is 4. The predicted molar refractivity (Wildman–Crippen MR) is 201 cm³/mol. The molecule has 0 spiro atoms. The zero-order valence-electron chi connectivity index (χ0n) is 30.8. The van der Waals surface area contributed by atoms with Crippen molar-refractivity contribution in [3.8, 4) is 11.5 Å². The lowest BCUT2D eigenvalue weighted by Crippen LogP contribution is -2.19. The first kappa shape index (κ1) is 37.7. The molecule has 19 heteroatoms. The molecule has 0 aliphatic rings. The molecule has 4 aromatic heterocycles. The van der Waals surface area contributed by atoms with Crippen LogP contribution >= 0.6 is 0 Å². The van der Waals surface area contributed by atoms with Gasteiger partial charge >= 0.3 is 0 Å². The summed E-state index contributed by atoms with van der Waals surface area (Å²) in [5, 5.41) is 15.1. The second-order valence-corrected chi connectivity index (χ2v) is 12.5. The van der Waals surface area contributed by atoms with Crippen LogP contribution in [-0.4, -0.2) is 87.3 Å². The number of aromatic nitrogens is 8. The lowest BCUT2D eigenvalue weighted by atomic mass is 10.1. The maximum atomic E-state index is 13.5. The lowest BCUT2D eigenvalue weighted by Gasteiger charge is -2.13. The van der Waals surface area contributed by atoms with Crippen molar-refractivity contribution in [2.45, 2.75) is 33.4 Å². The highest BCUT2D eigenvalue weighted by atomic mass is 16.5. The van der Waals surface area contributed by atoms with Crippen molar-refractivity contribution in [2.75, 3.05) is 31.0 Å². The number of fused-ring (bicyclic) bond motifs is 2. The Kier molecular flexibility index (Phi) is 10.7. The average Bonchev–Trinajstić information content (AvgIpc) is 3.89. The SMILES string of the molecule is COc1cc(C(N)=O)cc2nc(NC(=O)c3cnc(C)n3C)n(CC=CCn3c(NC(=O)c4cnc(C)n4C)nc4cc(C(N)=O)cc(OCCCO)c43)c12. The number of nitrogens with zero attached hydrogens (tertiary/aromatic N) is 8. The summed E-state index contributed by atoms with van der Waals surface area (Å²) in [4.78, 5) is 69.0. The number of aliphatic hydroxyl groups is 1. The number of aryl methyl sites for hydroxylation is 2. The molecule has 0 atom stereocenters. The Balaban J connectivity index is 1.41. The molecule has 4 heterocycles. The van der Waals surface area contributed by atoms with Gasteiger partial charge in [-0.15, -0.1) is 0 Å². The van der Waals surface area contributed by atoms with Gasteiger partial charge in [-0.3, -0.25) is 29.8 Å². The minimum Gasteiger partial charge on any atom is -0.494 e. The minimum absolute atomic E-state index is 0.117. The summed E-state index contributed by atoms with van der Waals surface area (Å²) in [6.45, 7) is 3.84. The smallest absolute Gasteiger partial charge is 0.276 e. The second-order valence-electron chi connectivity index (χ2n) is 12.5. The molecule has 0 radical (unpaired) electrons. The molecular formula is C36H40N12O7. The highest BCUT2D eigenvalue weighted by Gasteiger charge is 2.23. The third-order valence-corrected chi connectivity index (χ3v) is 9.06. The summed E-state index contributed by atoms with van der Waals surface area (Å²) < 4.78 is 18.3. The van der Waals surface area contributed by atoms with Crippen LogP contribution in [-0.2, 0) is 27.2 Å². The first-order valence-electron chi connectivity index (χ1n) is 17.0. The molecule has 2 aromatic carbocycles. The van der Waals surface area contributed by atoms with Crippen LogP contribution in [0.3, 0.4) is 0 Å². The van der Waals surface area contributed by atoms with E-state index in [1.165, 1.54) is 43.8 Å². The third-order valence-electron chi connectivity index (χ3n) is 9.06. The molecule has 286 valence electrons. The molecule has 0 saturated carbocycles. The van der Waals surface area contributed by atoms with Crippen molar-refractivity contribution in [1.29, 1.82) is 0 Å². The van der Waals surface area contributed by atoms with Gasteiger partial charge in [0.2, 0.25) is 23.7 Å². The summed E-state index contributed by atoms with van der Waals surface area (Å²) in [7, 11) is 4.88. The van der Waals surface area contributed by atoms with Crippen LogP contribution in [0.15, 0.2) is 48.8 Å².